The summed E-state index contributed by atoms with van der Waals surface area (Å²) in [6.45, 7) is 5.04. The molecule has 0 radical (unpaired) electrons. The summed E-state index contributed by atoms with van der Waals surface area (Å²) in [6, 6.07) is 10.7. The highest BCUT2D eigenvalue weighted by Crippen LogP contribution is 2.35. The number of hydrogen-bond acceptors (Lipinski definition) is 5. The van der Waals surface area contributed by atoms with E-state index in [1.807, 2.05) is 0 Å². The van der Waals surface area contributed by atoms with Gasteiger partial charge in [-0.05, 0) is 57.2 Å². The molecule has 206 valence electrons. The van der Waals surface area contributed by atoms with E-state index in [0.29, 0.717) is 0 Å². The van der Waals surface area contributed by atoms with E-state index in [9.17, 15) is 34.8 Å². The Balaban J connectivity index is 1.74. The Bertz CT molecular complexity index is 1610. The van der Waals surface area contributed by atoms with E-state index in [1.165, 1.54) is 24.3 Å². The molecule has 1 N–H and O–H groups in total. The van der Waals surface area contributed by atoms with Gasteiger partial charge in [0.25, 0.3) is 0 Å². The van der Waals surface area contributed by atoms with Crippen molar-refractivity contribution in [3.05, 3.63) is 78.1 Å². The second-order valence-electron chi connectivity index (χ2n) is 9.57. The van der Waals surface area contributed by atoms with Crippen molar-refractivity contribution in [2.45, 2.75) is 43.6 Å². The van der Waals surface area contributed by atoms with Crippen molar-refractivity contribution < 1.29 is 34.8 Å². The molecule has 0 spiro atoms. The highest BCUT2D eigenvalue weighted by molar-refractivity contribution is 7.89. The van der Waals surface area contributed by atoms with E-state index < -0.39 is 39.0 Å². The zero-order valence-electron chi connectivity index (χ0n) is 20.6. The minimum Gasteiger partial charge on any atom is -0.229 e. The molecule has 0 aliphatic heterocycles. The molecule has 0 bridgehead atoms. The van der Waals surface area contributed by atoms with Crippen LogP contribution in [0.1, 0.15) is 31.9 Å². The molecule has 2 aromatic carbocycles. The summed E-state index contributed by atoms with van der Waals surface area (Å²) in [5.41, 5.74) is -2.72. The van der Waals surface area contributed by atoms with Gasteiger partial charge in [-0.2, -0.15) is 26.3 Å². The average Bonchev–Trinajstić information content (AvgIpc) is 3.32. The van der Waals surface area contributed by atoms with Crippen LogP contribution < -0.4 is 4.72 Å². The maximum Gasteiger partial charge on any atom is 0.416 e. The second kappa shape index (κ2) is 9.75. The van der Waals surface area contributed by atoms with E-state index in [4.69, 9.17) is 0 Å². The Kier molecular flexibility index (Phi) is 7.06. The molecule has 4 aromatic rings. The summed E-state index contributed by atoms with van der Waals surface area (Å²) in [7, 11) is -3.88. The van der Waals surface area contributed by atoms with Gasteiger partial charge in [-0.1, -0.05) is 24.3 Å². The Labute approximate surface area is 219 Å². The lowest BCUT2D eigenvalue weighted by atomic mass is 10.1. The van der Waals surface area contributed by atoms with Gasteiger partial charge in [0.1, 0.15) is 6.33 Å². The van der Waals surface area contributed by atoms with Crippen LogP contribution >= 0.6 is 0 Å². The first-order chi connectivity index (χ1) is 17.9. The maximum atomic E-state index is 13.7. The topological polar surface area (TPSA) is 89.8 Å². The summed E-state index contributed by atoms with van der Waals surface area (Å²) in [5.74, 6) is -0.283. The van der Waals surface area contributed by atoms with Gasteiger partial charge in [0.2, 0.25) is 10.0 Å². The van der Waals surface area contributed by atoms with E-state index in [2.05, 4.69) is 19.8 Å². The number of pyridine rings is 1. The number of aromatic nitrogens is 4. The fraction of sp³-hybridized carbons (Fsp3) is 0.240. The number of sulfonamides is 1. The lowest BCUT2D eigenvalue weighted by Gasteiger charge is -2.20. The fourth-order valence-corrected chi connectivity index (χ4v) is 5.01. The lowest BCUT2D eigenvalue weighted by Crippen LogP contribution is -2.40. The van der Waals surface area contributed by atoms with E-state index in [1.54, 1.807) is 20.8 Å². The summed E-state index contributed by atoms with van der Waals surface area (Å²) < 4.78 is 109. The van der Waals surface area contributed by atoms with Crippen LogP contribution in [0.15, 0.2) is 71.9 Å². The summed E-state index contributed by atoms with van der Waals surface area (Å²) in [4.78, 5) is 8.18. The van der Waals surface area contributed by atoms with Crippen molar-refractivity contribution in [3.8, 4) is 28.5 Å². The van der Waals surface area contributed by atoms with Gasteiger partial charge in [0.15, 0.2) is 11.6 Å². The molecule has 2 aromatic heterocycles. The molecule has 14 heteroatoms. The molecule has 0 amide bonds. The van der Waals surface area contributed by atoms with Gasteiger partial charge in [-0.25, -0.2) is 27.8 Å². The third-order valence-corrected chi connectivity index (χ3v) is 6.97. The SMILES string of the molecule is CC(C)(C)NS(=O)(=O)c1cccc(-c2ncn(-c3cc(C(F)(F)F)cc(-c4ccc(C(F)(F)F)cc4)n3)n2)c1. The number of alkyl halides is 6. The van der Waals surface area contributed by atoms with Crippen LogP contribution in [0.3, 0.4) is 0 Å². The molecular formula is C25H21F6N5O2S. The first-order valence-corrected chi connectivity index (χ1v) is 12.7. The van der Waals surface area contributed by atoms with Crippen molar-refractivity contribution in [2.75, 3.05) is 0 Å². The molecule has 39 heavy (non-hydrogen) atoms. The largest absolute Gasteiger partial charge is 0.416 e. The Morgan fingerprint density at radius 2 is 1.44 bits per heavy atom. The van der Waals surface area contributed by atoms with Crippen molar-refractivity contribution in [3.63, 3.8) is 0 Å². The van der Waals surface area contributed by atoms with Crippen LogP contribution in [0.4, 0.5) is 26.3 Å². The first-order valence-electron chi connectivity index (χ1n) is 11.3. The zero-order chi connectivity index (χ0) is 28.8. The monoisotopic (exact) mass is 569 g/mol. The third kappa shape index (κ3) is 6.63. The molecular weight excluding hydrogens is 548 g/mol. The van der Waals surface area contributed by atoms with Crippen LogP contribution in [-0.4, -0.2) is 33.7 Å². The number of nitrogens with zero attached hydrogens (tertiary/aromatic N) is 4. The van der Waals surface area contributed by atoms with Gasteiger partial charge in [-0.15, -0.1) is 5.10 Å². The highest BCUT2D eigenvalue weighted by Gasteiger charge is 2.33. The lowest BCUT2D eigenvalue weighted by molar-refractivity contribution is -0.138. The van der Waals surface area contributed by atoms with Crippen LogP contribution in [0.2, 0.25) is 0 Å². The predicted molar refractivity (Wildman–Crippen MR) is 130 cm³/mol. The standard InChI is InChI=1S/C25H21F6N5O2S/c1-23(2,3)35-39(37,38)19-6-4-5-16(11-19)22-32-14-36(34-22)21-13-18(25(29,30)31)12-20(33-21)15-7-9-17(10-8-15)24(26,27)28/h4-14,35H,1-3H3. The predicted octanol–water partition coefficient (Wildman–Crippen LogP) is 6.11. The molecule has 0 atom stereocenters. The van der Waals surface area contributed by atoms with Crippen molar-refractivity contribution in [1.82, 2.24) is 24.5 Å². The zero-order valence-corrected chi connectivity index (χ0v) is 21.4. The minimum atomic E-state index is -4.79. The van der Waals surface area contributed by atoms with Crippen LogP contribution in [-0.2, 0) is 22.4 Å². The van der Waals surface area contributed by atoms with Crippen molar-refractivity contribution >= 4 is 10.0 Å². The van der Waals surface area contributed by atoms with Crippen LogP contribution in [0.25, 0.3) is 28.5 Å². The Hall–Kier alpha value is -3.78. The molecule has 0 fully saturated rings. The van der Waals surface area contributed by atoms with Crippen LogP contribution in [0, 0.1) is 0 Å². The van der Waals surface area contributed by atoms with Crippen molar-refractivity contribution in [1.29, 1.82) is 0 Å². The van der Waals surface area contributed by atoms with Gasteiger partial charge in [0.05, 0.1) is 21.7 Å². The van der Waals surface area contributed by atoms with E-state index in [0.717, 1.165) is 47.4 Å². The van der Waals surface area contributed by atoms with Crippen LogP contribution in [0.5, 0.6) is 0 Å². The van der Waals surface area contributed by atoms with Crippen molar-refractivity contribution in [2.24, 2.45) is 0 Å². The second-order valence-corrected chi connectivity index (χ2v) is 11.3. The molecule has 0 unspecified atom stereocenters. The summed E-state index contributed by atoms with van der Waals surface area (Å²) in [5, 5.41) is 4.16. The van der Waals surface area contributed by atoms with Gasteiger partial charge < -0.3 is 0 Å². The number of rotatable bonds is 5. The third-order valence-electron chi connectivity index (χ3n) is 5.22. The quantitative estimate of drug-likeness (QED) is 0.293. The average molecular weight is 570 g/mol. The molecule has 0 saturated heterocycles. The summed E-state index contributed by atoms with van der Waals surface area (Å²) >= 11 is 0. The molecule has 4 rings (SSSR count). The highest BCUT2D eigenvalue weighted by atomic mass is 32.2. The number of hydrogen-bond donors (Lipinski definition) is 1. The van der Waals surface area contributed by atoms with Gasteiger partial charge in [-0.3, -0.25) is 0 Å². The maximum absolute atomic E-state index is 13.7. The normalized spacial score (nSPS) is 13.1. The van der Waals surface area contributed by atoms with E-state index in [-0.39, 0.29) is 33.4 Å². The smallest absolute Gasteiger partial charge is 0.229 e. The molecule has 7 nitrogen and oxygen atoms in total. The molecule has 2 heterocycles. The number of halogens is 6. The summed E-state index contributed by atoms with van der Waals surface area (Å²) in [6.07, 6.45) is -8.30. The van der Waals surface area contributed by atoms with Gasteiger partial charge >= 0.3 is 12.4 Å². The molecule has 0 aliphatic carbocycles. The first kappa shape index (κ1) is 28.2. The van der Waals surface area contributed by atoms with E-state index >= 15 is 0 Å². The van der Waals surface area contributed by atoms with Gasteiger partial charge in [0, 0.05) is 16.7 Å². The molecule has 0 saturated carbocycles. The number of benzene rings is 2. The Morgan fingerprint density at radius 1 is 0.795 bits per heavy atom. The fourth-order valence-electron chi connectivity index (χ4n) is 3.54. The molecule has 0 aliphatic rings. The Morgan fingerprint density at radius 3 is 2.03 bits per heavy atom. The number of nitrogens with one attached hydrogen (secondary N) is 1. The minimum absolute atomic E-state index is 0.0121.